The van der Waals surface area contributed by atoms with Crippen LogP contribution in [0.4, 0.5) is 10.5 Å². The number of esters is 1. The lowest BCUT2D eigenvalue weighted by atomic mass is 10.3. The molecule has 134 valence electrons. The average molecular weight is 382 g/mol. The number of nitrogens with zero attached hydrogens (tertiary/aromatic N) is 2. The second kappa shape index (κ2) is 9.39. The van der Waals surface area contributed by atoms with Gasteiger partial charge in [-0.15, -0.1) is 11.3 Å². The highest BCUT2D eigenvalue weighted by Crippen LogP contribution is 2.17. The predicted molar refractivity (Wildman–Crippen MR) is 99.2 cm³/mol. The molecule has 1 heterocycles. The Balaban J connectivity index is 2.03. The van der Waals surface area contributed by atoms with Gasteiger partial charge in [0.1, 0.15) is 5.01 Å². The fraction of sp³-hybridized carbons (Fsp3) is 0.353. The number of anilines is 1. The summed E-state index contributed by atoms with van der Waals surface area (Å²) in [5, 5.41) is 5.78. The third-order valence-corrected chi connectivity index (χ3v) is 4.32. The molecule has 2 rings (SSSR count). The van der Waals surface area contributed by atoms with Gasteiger partial charge in [-0.05, 0) is 37.6 Å². The average Bonchev–Trinajstić information content (AvgIpc) is 3.05. The molecule has 0 saturated heterocycles. The zero-order valence-electron chi connectivity index (χ0n) is 14.1. The number of rotatable bonds is 7. The Kier molecular flexibility index (Phi) is 7.21. The molecular formula is C17H20ClN3O3S. The molecule has 0 unspecified atom stereocenters. The van der Waals surface area contributed by atoms with Gasteiger partial charge in [0, 0.05) is 22.6 Å². The highest BCUT2D eigenvalue weighted by molar-refractivity contribution is 7.09. The molecule has 8 heteroatoms. The third kappa shape index (κ3) is 5.72. The van der Waals surface area contributed by atoms with E-state index in [1.54, 1.807) is 41.5 Å². The highest BCUT2D eigenvalue weighted by Gasteiger charge is 2.17. The smallest absolute Gasteiger partial charge is 0.357 e. The fourth-order valence-electron chi connectivity index (χ4n) is 2.10. The molecular weight excluding hydrogens is 362 g/mol. The lowest BCUT2D eigenvalue weighted by molar-refractivity contribution is 0.0520. The van der Waals surface area contributed by atoms with E-state index in [0.717, 1.165) is 6.42 Å². The van der Waals surface area contributed by atoms with Crippen LogP contribution in [0.2, 0.25) is 5.02 Å². The van der Waals surface area contributed by atoms with Crippen LogP contribution in [0.3, 0.4) is 0 Å². The molecule has 0 radical (unpaired) electrons. The van der Waals surface area contributed by atoms with Gasteiger partial charge in [0.05, 0.1) is 13.2 Å². The molecule has 0 atom stereocenters. The second-order valence-electron chi connectivity index (χ2n) is 5.21. The maximum Gasteiger partial charge on any atom is 0.357 e. The van der Waals surface area contributed by atoms with E-state index in [0.29, 0.717) is 35.4 Å². The second-order valence-corrected chi connectivity index (χ2v) is 6.58. The van der Waals surface area contributed by atoms with Crippen molar-refractivity contribution in [2.45, 2.75) is 26.8 Å². The monoisotopic (exact) mass is 381 g/mol. The van der Waals surface area contributed by atoms with Gasteiger partial charge in [0.25, 0.3) is 0 Å². The molecule has 2 aromatic rings. The molecule has 0 aliphatic rings. The summed E-state index contributed by atoms with van der Waals surface area (Å²) in [7, 11) is 0. The van der Waals surface area contributed by atoms with Gasteiger partial charge >= 0.3 is 12.0 Å². The summed E-state index contributed by atoms with van der Waals surface area (Å²) < 4.78 is 4.93. The van der Waals surface area contributed by atoms with Gasteiger partial charge < -0.3 is 15.0 Å². The number of halogens is 1. The Hall–Kier alpha value is -2.12. The normalized spacial score (nSPS) is 10.4. The van der Waals surface area contributed by atoms with E-state index in [-0.39, 0.29) is 11.7 Å². The van der Waals surface area contributed by atoms with E-state index in [1.165, 1.54) is 11.3 Å². The fourth-order valence-corrected chi connectivity index (χ4v) is 3.01. The quantitative estimate of drug-likeness (QED) is 0.720. The SMILES string of the molecule is CCCN(Cc1nc(C(=O)OCC)cs1)C(=O)Nc1ccc(Cl)cc1. The Labute approximate surface area is 155 Å². The van der Waals surface area contributed by atoms with Crippen molar-refractivity contribution in [3.05, 3.63) is 45.4 Å². The lowest BCUT2D eigenvalue weighted by Gasteiger charge is -2.21. The Bertz CT molecular complexity index is 718. The van der Waals surface area contributed by atoms with Gasteiger partial charge in [-0.1, -0.05) is 18.5 Å². The molecule has 1 aromatic carbocycles. The van der Waals surface area contributed by atoms with E-state index >= 15 is 0 Å². The summed E-state index contributed by atoms with van der Waals surface area (Å²) in [6.45, 7) is 4.95. The van der Waals surface area contributed by atoms with Crippen molar-refractivity contribution in [1.82, 2.24) is 9.88 Å². The number of urea groups is 1. The Morgan fingerprint density at radius 1 is 1.28 bits per heavy atom. The summed E-state index contributed by atoms with van der Waals surface area (Å²) in [5.74, 6) is -0.447. The minimum atomic E-state index is -0.447. The molecule has 6 nitrogen and oxygen atoms in total. The summed E-state index contributed by atoms with van der Waals surface area (Å²) in [6, 6.07) is 6.69. The number of thiazole rings is 1. The van der Waals surface area contributed by atoms with Gasteiger partial charge in [-0.25, -0.2) is 14.6 Å². The number of benzene rings is 1. The molecule has 0 saturated carbocycles. The van der Waals surface area contributed by atoms with Crippen molar-refractivity contribution in [3.63, 3.8) is 0 Å². The zero-order chi connectivity index (χ0) is 18.2. The Morgan fingerprint density at radius 2 is 2.00 bits per heavy atom. The summed E-state index contributed by atoms with van der Waals surface area (Å²) in [4.78, 5) is 30.1. The summed E-state index contributed by atoms with van der Waals surface area (Å²) >= 11 is 7.18. The van der Waals surface area contributed by atoms with E-state index < -0.39 is 5.97 Å². The topological polar surface area (TPSA) is 71.5 Å². The molecule has 0 aliphatic carbocycles. The van der Waals surface area contributed by atoms with Gasteiger partial charge in [-0.2, -0.15) is 0 Å². The van der Waals surface area contributed by atoms with E-state index in [4.69, 9.17) is 16.3 Å². The van der Waals surface area contributed by atoms with E-state index in [9.17, 15) is 9.59 Å². The van der Waals surface area contributed by atoms with Crippen LogP contribution in [0.1, 0.15) is 35.8 Å². The number of carbonyl (C=O) groups is 2. The highest BCUT2D eigenvalue weighted by atomic mass is 35.5. The van der Waals surface area contributed by atoms with Crippen LogP contribution in [-0.4, -0.2) is 35.0 Å². The van der Waals surface area contributed by atoms with Crippen LogP contribution in [0.25, 0.3) is 0 Å². The van der Waals surface area contributed by atoms with Crippen molar-refractivity contribution in [2.75, 3.05) is 18.5 Å². The molecule has 0 aliphatic heterocycles. The largest absolute Gasteiger partial charge is 0.461 e. The first-order valence-electron chi connectivity index (χ1n) is 7.96. The maximum absolute atomic E-state index is 12.5. The molecule has 1 N–H and O–H groups in total. The van der Waals surface area contributed by atoms with Crippen molar-refractivity contribution >= 4 is 40.6 Å². The van der Waals surface area contributed by atoms with Crippen LogP contribution in [0.15, 0.2) is 29.6 Å². The van der Waals surface area contributed by atoms with Crippen molar-refractivity contribution in [1.29, 1.82) is 0 Å². The first-order valence-corrected chi connectivity index (χ1v) is 9.22. The number of ether oxygens (including phenoxy) is 1. The number of amides is 2. The number of aromatic nitrogens is 1. The minimum Gasteiger partial charge on any atom is -0.461 e. The van der Waals surface area contributed by atoms with Crippen LogP contribution in [0.5, 0.6) is 0 Å². The summed E-state index contributed by atoms with van der Waals surface area (Å²) in [6.07, 6.45) is 0.810. The van der Waals surface area contributed by atoms with Gasteiger partial charge in [0.15, 0.2) is 5.69 Å². The predicted octanol–water partition coefficient (Wildman–Crippen LogP) is 4.42. The van der Waals surface area contributed by atoms with Crippen molar-refractivity contribution in [3.8, 4) is 0 Å². The summed E-state index contributed by atoms with van der Waals surface area (Å²) in [5.41, 5.74) is 0.943. The molecule has 2 amide bonds. The molecule has 25 heavy (non-hydrogen) atoms. The lowest BCUT2D eigenvalue weighted by Crippen LogP contribution is -2.35. The molecule has 0 bridgehead atoms. The first kappa shape index (κ1) is 19.2. The molecule has 0 spiro atoms. The van der Waals surface area contributed by atoms with E-state index in [2.05, 4.69) is 10.3 Å². The molecule has 0 fully saturated rings. The molecule has 1 aromatic heterocycles. The Morgan fingerprint density at radius 3 is 2.64 bits per heavy atom. The third-order valence-electron chi connectivity index (χ3n) is 3.24. The standard InChI is InChI=1S/C17H20ClN3O3S/c1-3-9-21(17(23)19-13-7-5-12(18)6-8-13)10-15-20-14(11-25-15)16(22)24-4-2/h5-8,11H,3-4,9-10H2,1-2H3,(H,19,23). The zero-order valence-corrected chi connectivity index (χ0v) is 15.7. The number of nitrogens with one attached hydrogen (secondary N) is 1. The van der Waals surface area contributed by atoms with Crippen molar-refractivity contribution in [2.24, 2.45) is 0 Å². The van der Waals surface area contributed by atoms with Crippen LogP contribution >= 0.6 is 22.9 Å². The van der Waals surface area contributed by atoms with Gasteiger partial charge in [0.2, 0.25) is 0 Å². The van der Waals surface area contributed by atoms with E-state index in [1.807, 2.05) is 6.92 Å². The van der Waals surface area contributed by atoms with Gasteiger partial charge in [-0.3, -0.25) is 0 Å². The number of hydrogen-bond acceptors (Lipinski definition) is 5. The van der Waals surface area contributed by atoms with Crippen LogP contribution in [-0.2, 0) is 11.3 Å². The number of hydrogen-bond donors (Lipinski definition) is 1. The van der Waals surface area contributed by atoms with Crippen LogP contribution < -0.4 is 5.32 Å². The van der Waals surface area contributed by atoms with Crippen molar-refractivity contribution < 1.29 is 14.3 Å². The maximum atomic E-state index is 12.5. The minimum absolute atomic E-state index is 0.225. The van der Waals surface area contributed by atoms with Crippen LogP contribution in [0, 0.1) is 0 Å². The number of carbonyl (C=O) groups excluding carboxylic acids is 2. The first-order chi connectivity index (χ1) is 12.0.